The fourth-order valence-corrected chi connectivity index (χ4v) is 3.04. The predicted octanol–water partition coefficient (Wildman–Crippen LogP) is 4.75. The Morgan fingerprint density at radius 3 is 1.62 bits per heavy atom. The van der Waals surface area contributed by atoms with Gasteiger partial charge in [0.05, 0.1) is 12.7 Å². The number of ether oxygens (including phenoxy) is 1. The summed E-state index contributed by atoms with van der Waals surface area (Å²) in [6.45, 7) is 3.75. The second kappa shape index (κ2) is 10.2. The van der Waals surface area contributed by atoms with Gasteiger partial charge in [0.25, 0.3) is 11.8 Å². The zero-order chi connectivity index (χ0) is 23.1. The highest BCUT2D eigenvalue weighted by molar-refractivity contribution is 6.29. The van der Waals surface area contributed by atoms with Crippen LogP contribution < -0.4 is 10.6 Å². The SMILES string of the molecule is COC(=O)c1ccc(C=C(C(=O)Nc2ccccc2C)C(=O)Nc2ccccc2C)cc1. The van der Waals surface area contributed by atoms with E-state index in [1.165, 1.54) is 13.2 Å². The minimum absolute atomic E-state index is 0.0673. The van der Waals surface area contributed by atoms with Crippen LogP contribution in [0.1, 0.15) is 27.0 Å². The molecule has 0 unspecified atom stereocenters. The normalized spacial score (nSPS) is 10.1. The van der Waals surface area contributed by atoms with Crippen LogP contribution in [-0.2, 0) is 14.3 Å². The Labute approximate surface area is 186 Å². The van der Waals surface area contributed by atoms with Gasteiger partial charge >= 0.3 is 5.97 Å². The first-order valence-electron chi connectivity index (χ1n) is 10.0. The summed E-state index contributed by atoms with van der Waals surface area (Å²) in [6.07, 6.45) is 1.49. The number of aryl methyl sites for hydroxylation is 2. The van der Waals surface area contributed by atoms with Crippen LogP contribution in [0.4, 0.5) is 11.4 Å². The Hall–Kier alpha value is -4.19. The molecule has 3 aromatic carbocycles. The third-order valence-corrected chi connectivity index (χ3v) is 4.92. The number of para-hydroxylation sites is 2. The van der Waals surface area contributed by atoms with Gasteiger partial charge in [0, 0.05) is 11.4 Å². The van der Waals surface area contributed by atoms with Crippen LogP contribution in [0.5, 0.6) is 0 Å². The predicted molar refractivity (Wildman–Crippen MR) is 125 cm³/mol. The third kappa shape index (κ3) is 5.49. The molecule has 0 heterocycles. The van der Waals surface area contributed by atoms with E-state index < -0.39 is 17.8 Å². The van der Waals surface area contributed by atoms with Crippen molar-refractivity contribution in [1.82, 2.24) is 0 Å². The molecule has 0 aromatic heterocycles. The molecule has 3 aromatic rings. The van der Waals surface area contributed by atoms with Crippen molar-refractivity contribution in [2.45, 2.75) is 13.8 Å². The molecule has 0 saturated heterocycles. The molecular weight excluding hydrogens is 404 g/mol. The summed E-state index contributed by atoms with van der Waals surface area (Å²) >= 11 is 0. The zero-order valence-corrected chi connectivity index (χ0v) is 18.1. The van der Waals surface area contributed by atoms with Gasteiger partial charge in [0.2, 0.25) is 0 Å². The molecule has 0 aliphatic rings. The quantitative estimate of drug-likeness (QED) is 0.257. The van der Waals surface area contributed by atoms with Gasteiger partial charge in [-0.2, -0.15) is 0 Å². The number of hydrogen-bond acceptors (Lipinski definition) is 4. The van der Waals surface area contributed by atoms with Gasteiger partial charge in [-0.3, -0.25) is 9.59 Å². The average Bonchev–Trinajstić information content (AvgIpc) is 2.80. The number of carbonyl (C=O) groups excluding carboxylic acids is 3. The maximum Gasteiger partial charge on any atom is 0.337 e. The Morgan fingerprint density at radius 1 is 0.719 bits per heavy atom. The van der Waals surface area contributed by atoms with Gasteiger partial charge in [-0.25, -0.2) is 4.79 Å². The molecular formula is C26H24N2O4. The number of amides is 2. The van der Waals surface area contributed by atoms with E-state index in [0.29, 0.717) is 22.5 Å². The number of methoxy groups -OCH3 is 1. The van der Waals surface area contributed by atoms with Gasteiger partial charge < -0.3 is 15.4 Å². The third-order valence-electron chi connectivity index (χ3n) is 4.92. The highest BCUT2D eigenvalue weighted by Crippen LogP contribution is 2.19. The van der Waals surface area contributed by atoms with E-state index in [1.807, 2.05) is 50.2 Å². The van der Waals surface area contributed by atoms with E-state index >= 15 is 0 Å². The second-order valence-corrected chi connectivity index (χ2v) is 7.21. The first-order chi connectivity index (χ1) is 15.4. The van der Waals surface area contributed by atoms with Crippen molar-refractivity contribution in [2.75, 3.05) is 17.7 Å². The first kappa shape index (κ1) is 22.5. The van der Waals surface area contributed by atoms with Gasteiger partial charge in [-0.05, 0) is 60.9 Å². The first-order valence-corrected chi connectivity index (χ1v) is 10.0. The van der Waals surface area contributed by atoms with Crippen molar-refractivity contribution >= 4 is 35.2 Å². The molecule has 0 spiro atoms. The summed E-state index contributed by atoms with van der Waals surface area (Å²) in [5.74, 6) is -1.54. The molecule has 32 heavy (non-hydrogen) atoms. The molecule has 2 amide bonds. The lowest BCUT2D eigenvalue weighted by Crippen LogP contribution is -2.25. The number of rotatable bonds is 6. The molecule has 0 saturated carbocycles. The molecule has 6 nitrogen and oxygen atoms in total. The van der Waals surface area contributed by atoms with Crippen LogP contribution in [0.2, 0.25) is 0 Å². The summed E-state index contributed by atoms with van der Waals surface area (Å²) in [4.78, 5) is 37.9. The highest BCUT2D eigenvalue weighted by Gasteiger charge is 2.20. The molecule has 0 aliphatic heterocycles. The largest absolute Gasteiger partial charge is 0.465 e. The lowest BCUT2D eigenvalue weighted by atomic mass is 10.1. The van der Waals surface area contributed by atoms with Crippen molar-refractivity contribution in [3.05, 3.63) is 101 Å². The number of nitrogens with one attached hydrogen (secondary N) is 2. The average molecular weight is 428 g/mol. The van der Waals surface area contributed by atoms with Gasteiger partial charge in [-0.15, -0.1) is 0 Å². The van der Waals surface area contributed by atoms with Crippen LogP contribution >= 0.6 is 0 Å². The molecule has 0 bridgehead atoms. The number of benzene rings is 3. The van der Waals surface area contributed by atoms with Crippen LogP contribution in [0.15, 0.2) is 78.4 Å². The molecule has 0 atom stereocenters. The monoisotopic (exact) mass is 428 g/mol. The van der Waals surface area contributed by atoms with Crippen molar-refractivity contribution in [1.29, 1.82) is 0 Å². The van der Waals surface area contributed by atoms with Gasteiger partial charge in [0.1, 0.15) is 5.57 Å². The fraction of sp³-hybridized carbons (Fsp3) is 0.115. The number of hydrogen-bond donors (Lipinski definition) is 2. The van der Waals surface area contributed by atoms with Gasteiger partial charge in [0.15, 0.2) is 0 Å². The molecule has 162 valence electrons. The Morgan fingerprint density at radius 2 is 1.19 bits per heavy atom. The van der Waals surface area contributed by atoms with Crippen LogP contribution in [-0.4, -0.2) is 24.9 Å². The van der Waals surface area contributed by atoms with Crippen LogP contribution in [0, 0.1) is 13.8 Å². The zero-order valence-electron chi connectivity index (χ0n) is 18.1. The minimum atomic E-state index is -0.539. The molecule has 6 heteroatoms. The van der Waals surface area contributed by atoms with Crippen molar-refractivity contribution in [2.24, 2.45) is 0 Å². The maximum absolute atomic E-state index is 13.1. The molecule has 0 aliphatic carbocycles. The number of esters is 1. The standard InChI is InChI=1S/C26H24N2O4/c1-17-8-4-6-10-22(17)27-24(29)21(25(30)28-23-11-7-5-9-18(23)2)16-19-12-14-20(15-13-19)26(31)32-3/h4-16H,1-3H3,(H,27,29)(H,28,30). The summed E-state index contributed by atoms with van der Waals surface area (Å²) in [7, 11) is 1.31. The van der Waals surface area contributed by atoms with E-state index in [4.69, 9.17) is 4.74 Å². The number of carbonyl (C=O) groups is 3. The van der Waals surface area contributed by atoms with Crippen molar-refractivity contribution in [3.8, 4) is 0 Å². The van der Waals surface area contributed by atoms with Crippen molar-refractivity contribution in [3.63, 3.8) is 0 Å². The Balaban J connectivity index is 1.94. The summed E-state index contributed by atoms with van der Waals surface area (Å²) < 4.78 is 4.71. The Kier molecular flexibility index (Phi) is 7.18. The minimum Gasteiger partial charge on any atom is -0.465 e. The second-order valence-electron chi connectivity index (χ2n) is 7.21. The van der Waals surface area contributed by atoms with E-state index in [0.717, 1.165) is 11.1 Å². The Bertz CT molecular complexity index is 1120. The molecule has 0 radical (unpaired) electrons. The fourth-order valence-electron chi connectivity index (χ4n) is 3.04. The van der Waals surface area contributed by atoms with Crippen LogP contribution in [0.3, 0.4) is 0 Å². The summed E-state index contributed by atoms with van der Waals surface area (Å²) in [5, 5.41) is 5.62. The summed E-state index contributed by atoms with van der Waals surface area (Å²) in [5.41, 5.74) is 3.89. The van der Waals surface area contributed by atoms with E-state index in [2.05, 4.69) is 10.6 Å². The van der Waals surface area contributed by atoms with E-state index in [9.17, 15) is 14.4 Å². The van der Waals surface area contributed by atoms with E-state index in [-0.39, 0.29) is 5.57 Å². The molecule has 0 fully saturated rings. The smallest absolute Gasteiger partial charge is 0.337 e. The summed E-state index contributed by atoms with van der Waals surface area (Å²) in [6, 6.07) is 21.1. The topological polar surface area (TPSA) is 84.5 Å². The van der Waals surface area contributed by atoms with Crippen LogP contribution in [0.25, 0.3) is 6.08 Å². The molecule has 3 rings (SSSR count). The highest BCUT2D eigenvalue weighted by atomic mass is 16.5. The lowest BCUT2D eigenvalue weighted by molar-refractivity contribution is -0.118. The van der Waals surface area contributed by atoms with E-state index in [1.54, 1.807) is 36.4 Å². The van der Waals surface area contributed by atoms with Gasteiger partial charge in [-0.1, -0.05) is 48.5 Å². The molecule has 2 N–H and O–H groups in total. The number of anilines is 2. The van der Waals surface area contributed by atoms with Crippen molar-refractivity contribution < 1.29 is 19.1 Å². The maximum atomic E-state index is 13.1. The lowest BCUT2D eigenvalue weighted by Gasteiger charge is -2.13.